The first-order valence-electron chi connectivity index (χ1n) is 5.62. The lowest BCUT2D eigenvalue weighted by Crippen LogP contribution is -2.31. The van der Waals surface area contributed by atoms with Crippen LogP contribution in [-0.4, -0.2) is 22.1 Å². The maximum Gasteiger partial charge on any atom is 0.270 e. The van der Waals surface area contributed by atoms with Crippen LogP contribution in [0.25, 0.3) is 11.3 Å². The molecule has 96 valence electrons. The van der Waals surface area contributed by atoms with Crippen molar-refractivity contribution >= 4 is 21.8 Å². The van der Waals surface area contributed by atoms with Crippen LogP contribution in [0, 0.1) is 11.3 Å². The molecule has 0 spiro atoms. The van der Waals surface area contributed by atoms with Crippen LogP contribution in [0.3, 0.4) is 0 Å². The lowest BCUT2D eigenvalue weighted by molar-refractivity contribution is 0.0943. The fraction of sp³-hybridized carbons (Fsp3) is 0.154. The number of hydrogen-bond donors (Lipinski definition) is 2. The number of H-pyrrole nitrogens is 1. The van der Waals surface area contributed by atoms with E-state index in [4.69, 9.17) is 5.26 Å². The van der Waals surface area contributed by atoms with Gasteiger partial charge in [0.2, 0.25) is 0 Å². The zero-order valence-electron chi connectivity index (χ0n) is 10.1. The van der Waals surface area contributed by atoms with Crippen molar-refractivity contribution in [3.05, 3.63) is 40.5 Å². The van der Waals surface area contributed by atoms with Crippen LogP contribution in [0.2, 0.25) is 0 Å². The molecule has 2 aromatic rings. The summed E-state index contributed by atoms with van der Waals surface area (Å²) < 4.78 is 0.979. The zero-order chi connectivity index (χ0) is 13.8. The molecule has 0 aliphatic rings. The molecule has 0 unspecified atom stereocenters. The third kappa shape index (κ3) is 3.20. The Labute approximate surface area is 118 Å². The molecule has 0 saturated heterocycles. The van der Waals surface area contributed by atoms with Crippen LogP contribution in [0.15, 0.2) is 34.8 Å². The van der Waals surface area contributed by atoms with E-state index in [1.807, 2.05) is 30.3 Å². The highest BCUT2D eigenvalue weighted by Crippen LogP contribution is 2.20. The minimum atomic E-state index is -0.535. The predicted molar refractivity (Wildman–Crippen MR) is 74.3 cm³/mol. The van der Waals surface area contributed by atoms with Crippen LogP contribution in [0.1, 0.15) is 17.4 Å². The molecule has 1 heterocycles. The molecule has 0 saturated carbocycles. The van der Waals surface area contributed by atoms with Gasteiger partial charge in [-0.05, 0) is 25.1 Å². The number of carbonyl (C=O) groups is 1. The first-order chi connectivity index (χ1) is 9.10. The second-order valence-electron chi connectivity index (χ2n) is 4.00. The summed E-state index contributed by atoms with van der Waals surface area (Å²) in [6.07, 6.45) is 0. The number of aromatic nitrogens is 2. The molecule has 1 amide bonds. The van der Waals surface area contributed by atoms with Gasteiger partial charge in [0.15, 0.2) is 0 Å². The molecular formula is C13H11BrN4O. The van der Waals surface area contributed by atoms with E-state index in [2.05, 4.69) is 31.4 Å². The number of nitrogens with one attached hydrogen (secondary N) is 2. The predicted octanol–water partition coefficient (Wildman–Crippen LogP) is 2.48. The average molecular weight is 319 g/mol. The molecule has 1 atom stereocenters. The fourth-order valence-electron chi connectivity index (χ4n) is 1.51. The van der Waals surface area contributed by atoms with Crippen LogP contribution >= 0.6 is 15.9 Å². The van der Waals surface area contributed by atoms with Crippen molar-refractivity contribution in [2.24, 2.45) is 0 Å². The number of carbonyl (C=O) groups excluding carboxylic acids is 1. The summed E-state index contributed by atoms with van der Waals surface area (Å²) in [6.45, 7) is 1.61. The molecule has 2 rings (SSSR count). The monoisotopic (exact) mass is 318 g/mol. The molecule has 6 heteroatoms. The Morgan fingerprint density at radius 3 is 2.79 bits per heavy atom. The van der Waals surface area contributed by atoms with Crippen LogP contribution < -0.4 is 5.32 Å². The molecule has 5 nitrogen and oxygen atoms in total. The van der Waals surface area contributed by atoms with Gasteiger partial charge in [0.1, 0.15) is 11.7 Å². The van der Waals surface area contributed by atoms with Gasteiger partial charge in [-0.2, -0.15) is 10.4 Å². The quantitative estimate of drug-likeness (QED) is 0.912. The number of nitrogens with zero attached hydrogens (tertiary/aromatic N) is 2. The third-order valence-electron chi connectivity index (χ3n) is 2.50. The van der Waals surface area contributed by atoms with Gasteiger partial charge in [-0.25, -0.2) is 0 Å². The van der Waals surface area contributed by atoms with Crippen LogP contribution in [0.5, 0.6) is 0 Å². The van der Waals surface area contributed by atoms with E-state index in [9.17, 15) is 4.79 Å². The summed E-state index contributed by atoms with van der Waals surface area (Å²) in [5.41, 5.74) is 1.93. The average Bonchev–Trinajstić information content (AvgIpc) is 2.89. The second kappa shape index (κ2) is 5.67. The minimum Gasteiger partial charge on any atom is -0.335 e. The number of hydrogen-bond acceptors (Lipinski definition) is 3. The Balaban J connectivity index is 2.17. The summed E-state index contributed by atoms with van der Waals surface area (Å²) in [5, 5.41) is 17.9. The molecule has 0 aliphatic carbocycles. The highest BCUT2D eigenvalue weighted by atomic mass is 79.9. The Morgan fingerprint density at radius 1 is 1.47 bits per heavy atom. The summed E-state index contributed by atoms with van der Waals surface area (Å²) in [7, 11) is 0. The maximum absolute atomic E-state index is 11.8. The van der Waals surface area contributed by atoms with Gasteiger partial charge < -0.3 is 5.32 Å². The van der Waals surface area contributed by atoms with Gasteiger partial charge in [-0.3, -0.25) is 9.89 Å². The second-order valence-corrected chi connectivity index (χ2v) is 4.91. The highest BCUT2D eigenvalue weighted by molar-refractivity contribution is 9.10. The lowest BCUT2D eigenvalue weighted by atomic mass is 10.1. The van der Waals surface area contributed by atoms with Crippen molar-refractivity contribution in [1.29, 1.82) is 5.26 Å². The number of amides is 1. The van der Waals surface area contributed by atoms with Gasteiger partial charge in [0.25, 0.3) is 5.91 Å². The zero-order valence-corrected chi connectivity index (χ0v) is 11.7. The smallest absolute Gasteiger partial charge is 0.270 e. The van der Waals surface area contributed by atoms with Crippen LogP contribution in [-0.2, 0) is 0 Å². The standard InChI is InChI=1S/C13H11BrN4O/c1-8(7-15)16-13(19)12-6-11(17-18-12)9-2-4-10(14)5-3-9/h2-6,8H,1H3,(H,16,19)(H,17,18)/t8-/m0/s1. The number of aromatic amines is 1. The minimum absolute atomic E-state index is 0.333. The normalized spacial score (nSPS) is 11.6. The summed E-state index contributed by atoms with van der Waals surface area (Å²) >= 11 is 3.36. The van der Waals surface area contributed by atoms with E-state index in [1.165, 1.54) is 0 Å². The molecule has 1 aromatic heterocycles. The number of benzene rings is 1. The largest absolute Gasteiger partial charge is 0.335 e. The Bertz CT molecular complexity index is 627. The van der Waals surface area contributed by atoms with Crippen molar-refractivity contribution in [2.75, 3.05) is 0 Å². The molecule has 1 aromatic carbocycles. The van der Waals surface area contributed by atoms with E-state index < -0.39 is 6.04 Å². The van der Waals surface area contributed by atoms with Gasteiger partial charge in [-0.1, -0.05) is 28.1 Å². The third-order valence-corrected chi connectivity index (χ3v) is 3.03. The number of rotatable bonds is 3. The summed E-state index contributed by atoms with van der Waals surface area (Å²) in [5.74, 6) is -0.343. The van der Waals surface area contributed by atoms with Crippen molar-refractivity contribution in [1.82, 2.24) is 15.5 Å². The molecule has 0 bridgehead atoms. The van der Waals surface area contributed by atoms with Gasteiger partial charge in [0, 0.05) is 10.0 Å². The molecule has 0 aliphatic heterocycles. The summed E-state index contributed by atoms with van der Waals surface area (Å²) in [6, 6.07) is 10.7. The van der Waals surface area contributed by atoms with E-state index >= 15 is 0 Å². The van der Waals surface area contributed by atoms with E-state index in [0.29, 0.717) is 11.4 Å². The Hall–Kier alpha value is -2.13. The van der Waals surface area contributed by atoms with E-state index in [1.54, 1.807) is 13.0 Å². The molecular weight excluding hydrogens is 308 g/mol. The molecule has 19 heavy (non-hydrogen) atoms. The number of halogens is 1. The number of nitriles is 1. The highest BCUT2D eigenvalue weighted by Gasteiger charge is 2.12. The molecule has 2 N–H and O–H groups in total. The van der Waals surface area contributed by atoms with Gasteiger partial charge in [-0.15, -0.1) is 0 Å². The molecule has 0 fully saturated rings. The van der Waals surface area contributed by atoms with Crippen molar-refractivity contribution < 1.29 is 4.79 Å². The SMILES string of the molecule is C[C@@H](C#N)NC(=O)c1cc(-c2ccc(Br)cc2)n[nH]1. The first-order valence-corrected chi connectivity index (χ1v) is 6.41. The van der Waals surface area contributed by atoms with Gasteiger partial charge >= 0.3 is 0 Å². The first kappa shape index (κ1) is 13.3. The van der Waals surface area contributed by atoms with E-state index in [0.717, 1.165) is 10.0 Å². The van der Waals surface area contributed by atoms with Crippen molar-refractivity contribution in [3.63, 3.8) is 0 Å². The molecule has 0 radical (unpaired) electrons. The van der Waals surface area contributed by atoms with E-state index in [-0.39, 0.29) is 5.91 Å². The maximum atomic E-state index is 11.8. The topological polar surface area (TPSA) is 81.6 Å². The fourth-order valence-corrected chi connectivity index (χ4v) is 1.78. The Morgan fingerprint density at radius 2 is 2.16 bits per heavy atom. The van der Waals surface area contributed by atoms with Crippen LogP contribution in [0.4, 0.5) is 0 Å². The van der Waals surface area contributed by atoms with Gasteiger partial charge in [0.05, 0.1) is 11.8 Å². The van der Waals surface area contributed by atoms with Crippen molar-refractivity contribution in [2.45, 2.75) is 13.0 Å². The van der Waals surface area contributed by atoms with Crippen molar-refractivity contribution in [3.8, 4) is 17.3 Å². The Kier molecular flexibility index (Phi) is 3.97. The summed E-state index contributed by atoms with van der Waals surface area (Å²) in [4.78, 5) is 11.8. The lowest BCUT2D eigenvalue weighted by Gasteiger charge is -2.03.